The van der Waals surface area contributed by atoms with Crippen molar-refractivity contribution in [2.45, 2.75) is 76.3 Å². The molecular formula is C15H24F6O4S. The molecule has 1 rings (SSSR count). The Morgan fingerprint density at radius 3 is 1.81 bits per heavy atom. The fourth-order valence-electron chi connectivity index (χ4n) is 3.60. The van der Waals surface area contributed by atoms with Crippen LogP contribution in [0, 0.1) is 17.8 Å². The van der Waals surface area contributed by atoms with Crippen molar-refractivity contribution in [3.05, 3.63) is 0 Å². The van der Waals surface area contributed by atoms with Gasteiger partial charge in [-0.15, -0.1) is 0 Å². The van der Waals surface area contributed by atoms with Crippen LogP contribution >= 0.6 is 0 Å². The highest BCUT2D eigenvalue weighted by Gasteiger charge is 2.73. The van der Waals surface area contributed by atoms with Crippen molar-refractivity contribution < 1.29 is 44.0 Å². The first-order valence-electron chi connectivity index (χ1n) is 8.13. The molecule has 0 aliphatic carbocycles. The molecule has 26 heavy (non-hydrogen) atoms. The Bertz CT molecular complexity index is 597. The van der Waals surface area contributed by atoms with Gasteiger partial charge < -0.3 is 5.11 Å². The average Bonchev–Trinajstić information content (AvgIpc) is 2.56. The first-order chi connectivity index (χ1) is 11.3. The van der Waals surface area contributed by atoms with E-state index in [0.29, 0.717) is 6.92 Å². The van der Waals surface area contributed by atoms with Crippen LogP contribution in [0.4, 0.5) is 26.3 Å². The van der Waals surface area contributed by atoms with Gasteiger partial charge in [0.25, 0.3) is 15.7 Å². The molecule has 0 spiro atoms. The summed E-state index contributed by atoms with van der Waals surface area (Å²) >= 11 is 0. The highest BCUT2D eigenvalue weighted by molar-refractivity contribution is 7.87. The standard InChI is InChI=1S/C15H24F6O4S/c1-6-10(11-9(3)12(4,5)25-26(11,23)24)7-8(2)13(22,14(16,17)18)15(19,20)21/h8-11,22H,6-7H2,1-5H3. The van der Waals surface area contributed by atoms with Crippen molar-refractivity contribution in [2.75, 3.05) is 0 Å². The molecule has 156 valence electrons. The summed E-state index contributed by atoms with van der Waals surface area (Å²) in [5, 5.41) is 8.25. The van der Waals surface area contributed by atoms with Crippen molar-refractivity contribution in [3.63, 3.8) is 0 Å². The Morgan fingerprint density at radius 1 is 1.12 bits per heavy atom. The van der Waals surface area contributed by atoms with Gasteiger partial charge in [0, 0.05) is 11.8 Å². The summed E-state index contributed by atoms with van der Waals surface area (Å²) in [4.78, 5) is 0. The maximum absolute atomic E-state index is 13.0. The van der Waals surface area contributed by atoms with E-state index in [1.807, 2.05) is 0 Å². The molecule has 4 atom stereocenters. The van der Waals surface area contributed by atoms with Crippen molar-refractivity contribution in [1.29, 1.82) is 0 Å². The zero-order valence-corrected chi connectivity index (χ0v) is 15.9. The van der Waals surface area contributed by atoms with E-state index >= 15 is 0 Å². The number of alkyl halides is 6. The van der Waals surface area contributed by atoms with Crippen molar-refractivity contribution in [3.8, 4) is 0 Å². The lowest BCUT2D eigenvalue weighted by molar-refractivity contribution is -0.384. The van der Waals surface area contributed by atoms with E-state index in [2.05, 4.69) is 0 Å². The molecule has 0 aromatic carbocycles. The summed E-state index contributed by atoms with van der Waals surface area (Å²) in [7, 11) is -4.16. The molecule has 4 unspecified atom stereocenters. The number of halogens is 6. The smallest absolute Gasteiger partial charge is 0.373 e. The first-order valence-corrected chi connectivity index (χ1v) is 9.60. The number of rotatable bonds is 5. The number of hydrogen-bond acceptors (Lipinski definition) is 4. The second kappa shape index (κ2) is 6.80. The van der Waals surface area contributed by atoms with Crippen LogP contribution < -0.4 is 0 Å². The summed E-state index contributed by atoms with van der Waals surface area (Å²) in [5.74, 6) is -3.98. The van der Waals surface area contributed by atoms with Crippen LogP contribution in [0.3, 0.4) is 0 Å². The molecule has 1 aliphatic heterocycles. The minimum atomic E-state index is -5.95. The van der Waals surface area contributed by atoms with E-state index in [9.17, 15) is 39.9 Å². The van der Waals surface area contributed by atoms with Crippen molar-refractivity contribution in [1.82, 2.24) is 0 Å². The molecule has 0 aromatic rings. The molecule has 4 nitrogen and oxygen atoms in total. The highest BCUT2D eigenvalue weighted by atomic mass is 32.2. The van der Waals surface area contributed by atoms with E-state index in [1.54, 1.807) is 0 Å². The van der Waals surface area contributed by atoms with Crippen LogP contribution in [0.15, 0.2) is 0 Å². The van der Waals surface area contributed by atoms with Crippen LogP contribution in [0.2, 0.25) is 0 Å². The fourth-order valence-corrected chi connectivity index (χ4v) is 6.06. The zero-order valence-electron chi connectivity index (χ0n) is 15.1. The molecule has 1 N–H and O–H groups in total. The van der Waals surface area contributed by atoms with Crippen LogP contribution in [-0.2, 0) is 14.3 Å². The molecule has 1 aliphatic rings. The number of aliphatic hydroxyl groups is 1. The summed E-state index contributed by atoms with van der Waals surface area (Å²) in [6, 6.07) is 0. The Labute approximate surface area is 149 Å². The monoisotopic (exact) mass is 414 g/mol. The fraction of sp³-hybridized carbons (Fsp3) is 1.00. The van der Waals surface area contributed by atoms with Crippen molar-refractivity contribution >= 4 is 10.1 Å². The van der Waals surface area contributed by atoms with Gasteiger partial charge in [-0.1, -0.05) is 27.2 Å². The highest BCUT2D eigenvalue weighted by Crippen LogP contribution is 2.51. The van der Waals surface area contributed by atoms with Gasteiger partial charge in [0.15, 0.2) is 0 Å². The summed E-state index contributed by atoms with van der Waals surface area (Å²) in [5.41, 5.74) is -6.04. The molecule has 0 amide bonds. The lowest BCUT2D eigenvalue weighted by Gasteiger charge is -2.39. The molecule has 0 radical (unpaired) electrons. The summed E-state index contributed by atoms with van der Waals surface area (Å²) in [6.45, 7) is 6.62. The summed E-state index contributed by atoms with van der Waals surface area (Å²) in [6.07, 6.45) is -12.7. The molecule has 0 aromatic heterocycles. The second-order valence-electron chi connectivity index (χ2n) is 7.50. The molecule has 1 saturated heterocycles. The first kappa shape index (κ1) is 23.5. The van der Waals surface area contributed by atoms with Gasteiger partial charge in [-0.2, -0.15) is 34.8 Å². The molecule has 1 heterocycles. The SMILES string of the molecule is CCC(CC(C)C(O)(C(F)(F)F)C(F)(F)F)C1C(C)C(C)(C)OS1(=O)=O. The molecule has 1 fully saturated rings. The number of hydrogen-bond donors (Lipinski definition) is 1. The van der Waals surface area contributed by atoms with E-state index in [1.165, 1.54) is 27.7 Å². The normalized spacial score (nSPS) is 28.8. The second-order valence-corrected chi connectivity index (χ2v) is 9.20. The average molecular weight is 414 g/mol. The minimum Gasteiger partial charge on any atom is -0.373 e. The van der Waals surface area contributed by atoms with Gasteiger partial charge in [0.05, 0.1) is 10.9 Å². The maximum atomic E-state index is 13.0. The van der Waals surface area contributed by atoms with Gasteiger partial charge >= 0.3 is 12.4 Å². The van der Waals surface area contributed by atoms with E-state index in [0.717, 1.165) is 0 Å². The Balaban J connectivity index is 3.26. The van der Waals surface area contributed by atoms with Gasteiger partial charge in [-0.3, -0.25) is 4.18 Å². The Hall–Kier alpha value is -0.550. The largest absolute Gasteiger partial charge is 0.426 e. The third kappa shape index (κ3) is 3.84. The van der Waals surface area contributed by atoms with Crippen LogP contribution in [0.1, 0.15) is 47.5 Å². The van der Waals surface area contributed by atoms with Crippen molar-refractivity contribution in [2.24, 2.45) is 17.8 Å². The van der Waals surface area contributed by atoms with Crippen LogP contribution in [0.25, 0.3) is 0 Å². The lowest BCUT2D eigenvalue weighted by atomic mass is 9.75. The third-order valence-electron chi connectivity index (χ3n) is 5.48. The van der Waals surface area contributed by atoms with Gasteiger partial charge in [0.2, 0.25) is 0 Å². The van der Waals surface area contributed by atoms with Crippen LogP contribution in [0.5, 0.6) is 0 Å². The third-order valence-corrected chi connectivity index (χ3v) is 7.60. The molecule has 0 bridgehead atoms. The van der Waals surface area contributed by atoms with Gasteiger partial charge in [-0.25, -0.2) is 0 Å². The quantitative estimate of drug-likeness (QED) is 0.545. The van der Waals surface area contributed by atoms with E-state index < -0.39 is 63.1 Å². The Morgan fingerprint density at radius 2 is 1.54 bits per heavy atom. The predicted octanol–water partition coefficient (Wildman–Crippen LogP) is 4.04. The minimum absolute atomic E-state index is 0.0177. The lowest BCUT2D eigenvalue weighted by Crippen LogP contribution is -2.61. The molecule has 0 saturated carbocycles. The van der Waals surface area contributed by atoms with Gasteiger partial charge in [0.1, 0.15) is 0 Å². The van der Waals surface area contributed by atoms with E-state index in [-0.39, 0.29) is 6.42 Å². The maximum Gasteiger partial charge on any atom is 0.426 e. The Kier molecular flexibility index (Phi) is 6.15. The topological polar surface area (TPSA) is 63.6 Å². The summed E-state index contributed by atoms with van der Waals surface area (Å²) < 4.78 is 108. The van der Waals surface area contributed by atoms with E-state index in [4.69, 9.17) is 4.18 Å². The zero-order chi connectivity index (χ0) is 20.9. The molecular weight excluding hydrogens is 390 g/mol. The predicted molar refractivity (Wildman–Crippen MR) is 81.7 cm³/mol. The van der Waals surface area contributed by atoms with Crippen LogP contribution in [-0.4, -0.2) is 42.3 Å². The molecule has 11 heteroatoms. The van der Waals surface area contributed by atoms with Gasteiger partial charge in [-0.05, 0) is 26.2 Å².